The number of hydrogen-bond donors (Lipinski definition) is 1. The van der Waals surface area contributed by atoms with E-state index in [2.05, 4.69) is 27.0 Å². The molecule has 1 N–H and O–H groups in total. The Kier molecular flexibility index (Phi) is 2.16. The van der Waals surface area contributed by atoms with Crippen molar-refractivity contribution < 1.29 is 0 Å². The average Bonchev–Trinajstić information content (AvgIpc) is 2.82. The summed E-state index contributed by atoms with van der Waals surface area (Å²) in [7, 11) is 2.08. The molecule has 0 aromatic carbocycles. The Labute approximate surface area is 90.3 Å². The highest BCUT2D eigenvalue weighted by molar-refractivity contribution is 5.51. The lowest BCUT2D eigenvalue weighted by Crippen LogP contribution is -2.26. The summed E-state index contributed by atoms with van der Waals surface area (Å²) in [4.78, 5) is 2.50. The first-order valence-electron chi connectivity index (χ1n) is 5.86. The molecule has 0 radical (unpaired) electrons. The molecule has 1 fully saturated rings. The zero-order valence-electron chi connectivity index (χ0n) is 9.29. The highest BCUT2D eigenvalue weighted by atomic mass is 15.4. The molecule has 0 spiro atoms. The van der Waals surface area contributed by atoms with Crippen LogP contribution in [0.4, 0.5) is 5.82 Å². The van der Waals surface area contributed by atoms with Crippen molar-refractivity contribution in [2.24, 2.45) is 7.05 Å². The van der Waals surface area contributed by atoms with Gasteiger partial charge in [-0.25, -0.2) is 0 Å². The lowest BCUT2D eigenvalue weighted by Gasteiger charge is -2.21. The molecule has 15 heavy (non-hydrogen) atoms. The molecule has 0 unspecified atom stereocenters. The van der Waals surface area contributed by atoms with Gasteiger partial charge in [0.05, 0.1) is 5.69 Å². The fourth-order valence-corrected chi connectivity index (χ4v) is 2.76. The van der Waals surface area contributed by atoms with E-state index in [1.165, 1.54) is 43.0 Å². The normalized spacial score (nSPS) is 20.7. The minimum Gasteiger partial charge on any atom is -0.357 e. The number of nitrogens with zero attached hydrogens (tertiary/aromatic N) is 3. The maximum atomic E-state index is 4.61. The lowest BCUT2D eigenvalue weighted by molar-refractivity contribution is 0.625. The lowest BCUT2D eigenvalue weighted by atomic mass is 10.1. The van der Waals surface area contributed by atoms with Crippen LogP contribution in [0.15, 0.2) is 0 Å². The molecule has 0 amide bonds. The number of anilines is 1. The minimum atomic E-state index is 0.941. The number of hydrogen-bond acceptors (Lipinski definition) is 3. The quantitative estimate of drug-likeness (QED) is 0.733. The van der Waals surface area contributed by atoms with E-state index in [0.717, 1.165) is 19.5 Å². The van der Waals surface area contributed by atoms with Crippen LogP contribution >= 0.6 is 0 Å². The molecule has 0 saturated carbocycles. The first kappa shape index (κ1) is 9.21. The standard InChI is InChI=1S/C11H18N4/c1-14-11(15-6-2-3-7-15)9-4-5-12-8-10(9)13-14/h12H,2-8H2,1H3. The van der Waals surface area contributed by atoms with Crippen LogP contribution < -0.4 is 10.2 Å². The minimum absolute atomic E-state index is 0.941. The van der Waals surface area contributed by atoms with Gasteiger partial charge in [0.25, 0.3) is 0 Å². The van der Waals surface area contributed by atoms with Crippen molar-refractivity contribution >= 4 is 5.82 Å². The van der Waals surface area contributed by atoms with E-state index in [9.17, 15) is 0 Å². The third-order valence-electron chi connectivity index (χ3n) is 3.45. The largest absolute Gasteiger partial charge is 0.357 e. The molecule has 0 aliphatic carbocycles. The molecular weight excluding hydrogens is 188 g/mol. The van der Waals surface area contributed by atoms with Crippen LogP contribution in [0, 0.1) is 0 Å². The van der Waals surface area contributed by atoms with Gasteiger partial charge in [0.1, 0.15) is 5.82 Å². The van der Waals surface area contributed by atoms with Crippen LogP contribution in [-0.4, -0.2) is 29.4 Å². The van der Waals surface area contributed by atoms with E-state index in [-0.39, 0.29) is 0 Å². The molecule has 82 valence electrons. The van der Waals surface area contributed by atoms with Crippen molar-refractivity contribution in [3.05, 3.63) is 11.3 Å². The number of aryl methyl sites for hydroxylation is 1. The van der Waals surface area contributed by atoms with Crippen molar-refractivity contribution in [1.29, 1.82) is 0 Å². The molecule has 0 atom stereocenters. The average molecular weight is 206 g/mol. The maximum absolute atomic E-state index is 4.61. The van der Waals surface area contributed by atoms with E-state index in [1.54, 1.807) is 0 Å². The van der Waals surface area contributed by atoms with Gasteiger partial charge in [-0.05, 0) is 25.8 Å². The van der Waals surface area contributed by atoms with Crippen molar-refractivity contribution in [1.82, 2.24) is 15.1 Å². The number of rotatable bonds is 1. The molecule has 3 heterocycles. The summed E-state index contributed by atoms with van der Waals surface area (Å²) in [5.74, 6) is 1.38. The van der Waals surface area contributed by atoms with E-state index in [4.69, 9.17) is 0 Å². The summed E-state index contributed by atoms with van der Waals surface area (Å²) >= 11 is 0. The van der Waals surface area contributed by atoms with Crippen molar-refractivity contribution in [2.75, 3.05) is 24.5 Å². The predicted octanol–water partition coefficient (Wildman–Crippen LogP) is 0.666. The van der Waals surface area contributed by atoms with Gasteiger partial charge < -0.3 is 10.2 Å². The Morgan fingerprint density at radius 3 is 2.87 bits per heavy atom. The third kappa shape index (κ3) is 1.44. The summed E-state index contributed by atoms with van der Waals surface area (Å²) in [6.07, 6.45) is 3.80. The summed E-state index contributed by atoms with van der Waals surface area (Å²) in [5.41, 5.74) is 2.74. The SMILES string of the molecule is Cn1nc2c(c1N1CCCC1)CCNC2. The van der Waals surface area contributed by atoms with Crippen LogP contribution in [0.2, 0.25) is 0 Å². The van der Waals surface area contributed by atoms with Crippen LogP contribution in [0.1, 0.15) is 24.1 Å². The summed E-state index contributed by atoms with van der Waals surface area (Å²) in [6, 6.07) is 0. The second-order valence-electron chi connectivity index (χ2n) is 4.49. The number of fused-ring (bicyclic) bond motifs is 1. The molecule has 0 bridgehead atoms. The van der Waals surface area contributed by atoms with E-state index < -0.39 is 0 Å². The van der Waals surface area contributed by atoms with Crippen molar-refractivity contribution in [3.63, 3.8) is 0 Å². The third-order valence-corrected chi connectivity index (χ3v) is 3.45. The van der Waals surface area contributed by atoms with Gasteiger partial charge in [0, 0.05) is 32.2 Å². The van der Waals surface area contributed by atoms with Gasteiger partial charge in [-0.15, -0.1) is 0 Å². The van der Waals surface area contributed by atoms with Gasteiger partial charge >= 0.3 is 0 Å². The first-order valence-corrected chi connectivity index (χ1v) is 5.86. The van der Waals surface area contributed by atoms with Crippen LogP contribution in [0.25, 0.3) is 0 Å². The molecule has 2 aliphatic rings. The Balaban J connectivity index is 2.01. The molecule has 4 heteroatoms. The molecule has 1 aromatic heterocycles. The molecule has 4 nitrogen and oxygen atoms in total. The highest BCUT2D eigenvalue weighted by Gasteiger charge is 2.24. The topological polar surface area (TPSA) is 33.1 Å². The molecule has 2 aliphatic heterocycles. The molecule has 3 rings (SSSR count). The molecule has 1 aromatic rings. The van der Waals surface area contributed by atoms with Crippen LogP contribution in [0.5, 0.6) is 0 Å². The van der Waals surface area contributed by atoms with Gasteiger partial charge in [-0.3, -0.25) is 4.68 Å². The smallest absolute Gasteiger partial charge is 0.130 e. The summed E-state index contributed by atoms with van der Waals surface area (Å²) < 4.78 is 2.07. The summed E-state index contributed by atoms with van der Waals surface area (Å²) in [5, 5.41) is 7.99. The highest BCUT2D eigenvalue weighted by Crippen LogP contribution is 2.28. The van der Waals surface area contributed by atoms with Gasteiger partial charge in [-0.2, -0.15) is 5.10 Å². The van der Waals surface area contributed by atoms with Gasteiger partial charge in [-0.1, -0.05) is 0 Å². The Morgan fingerprint density at radius 2 is 2.07 bits per heavy atom. The Bertz CT molecular complexity index is 363. The fraction of sp³-hybridized carbons (Fsp3) is 0.727. The van der Waals surface area contributed by atoms with Crippen molar-refractivity contribution in [2.45, 2.75) is 25.8 Å². The molecular formula is C11H18N4. The molecule has 1 saturated heterocycles. The van der Waals surface area contributed by atoms with Crippen LogP contribution in [0.3, 0.4) is 0 Å². The zero-order valence-corrected chi connectivity index (χ0v) is 9.29. The van der Waals surface area contributed by atoms with Crippen molar-refractivity contribution in [3.8, 4) is 0 Å². The Morgan fingerprint density at radius 1 is 1.27 bits per heavy atom. The number of nitrogens with one attached hydrogen (secondary N) is 1. The van der Waals surface area contributed by atoms with E-state index in [0.29, 0.717) is 0 Å². The van der Waals surface area contributed by atoms with Gasteiger partial charge in [0.2, 0.25) is 0 Å². The zero-order chi connectivity index (χ0) is 10.3. The fourth-order valence-electron chi connectivity index (χ4n) is 2.76. The second-order valence-corrected chi connectivity index (χ2v) is 4.49. The predicted molar refractivity (Wildman–Crippen MR) is 60.1 cm³/mol. The van der Waals surface area contributed by atoms with E-state index in [1.807, 2.05) is 0 Å². The second kappa shape index (κ2) is 3.52. The first-order chi connectivity index (χ1) is 7.36. The Hall–Kier alpha value is -1.03. The summed E-state index contributed by atoms with van der Waals surface area (Å²) in [6.45, 7) is 4.45. The monoisotopic (exact) mass is 206 g/mol. The van der Waals surface area contributed by atoms with E-state index >= 15 is 0 Å². The number of aromatic nitrogens is 2. The van der Waals surface area contributed by atoms with Crippen LogP contribution in [-0.2, 0) is 20.0 Å². The maximum Gasteiger partial charge on any atom is 0.130 e. The van der Waals surface area contributed by atoms with Gasteiger partial charge in [0.15, 0.2) is 0 Å².